The number of amides is 2. The van der Waals surface area contributed by atoms with E-state index in [4.69, 9.17) is 0 Å². The molecule has 1 aliphatic carbocycles. The van der Waals surface area contributed by atoms with Crippen molar-refractivity contribution in [3.05, 3.63) is 29.8 Å². The first-order valence-corrected chi connectivity index (χ1v) is 10.6. The standard InChI is InChI=1S/C22H33N3O2/c26-21(22(27)24-19-8-4-1-2-5-9-19)23-15-14-18-10-12-20(13-11-18)25-16-6-3-7-17-25/h10-13,19H,1-9,14-17H2,(H,23,26)(H,24,27). The molecule has 27 heavy (non-hydrogen) atoms. The lowest BCUT2D eigenvalue weighted by Crippen LogP contribution is -2.44. The van der Waals surface area contributed by atoms with E-state index in [0.29, 0.717) is 6.54 Å². The molecule has 0 bridgehead atoms. The largest absolute Gasteiger partial charge is 0.372 e. The van der Waals surface area contributed by atoms with Gasteiger partial charge >= 0.3 is 11.8 Å². The summed E-state index contributed by atoms with van der Waals surface area (Å²) in [6.45, 7) is 2.77. The fourth-order valence-electron chi connectivity index (χ4n) is 4.10. The average Bonchev–Trinajstić information content (AvgIpc) is 2.98. The van der Waals surface area contributed by atoms with Crippen molar-refractivity contribution in [2.24, 2.45) is 0 Å². The number of hydrogen-bond acceptors (Lipinski definition) is 3. The van der Waals surface area contributed by atoms with Gasteiger partial charge in [0.2, 0.25) is 0 Å². The van der Waals surface area contributed by atoms with Gasteiger partial charge in [-0.2, -0.15) is 0 Å². The SMILES string of the molecule is O=C(NCCc1ccc(N2CCCCC2)cc1)C(=O)NC1CCCCCC1. The number of nitrogens with one attached hydrogen (secondary N) is 2. The second-order valence-electron chi connectivity index (χ2n) is 7.88. The van der Waals surface area contributed by atoms with E-state index in [1.807, 2.05) is 0 Å². The molecule has 2 fully saturated rings. The van der Waals surface area contributed by atoms with E-state index in [1.54, 1.807) is 0 Å². The minimum absolute atomic E-state index is 0.160. The quantitative estimate of drug-likeness (QED) is 0.617. The number of carbonyl (C=O) groups is 2. The number of nitrogens with zero attached hydrogens (tertiary/aromatic N) is 1. The molecule has 0 atom stereocenters. The van der Waals surface area contributed by atoms with Crippen LogP contribution in [0.4, 0.5) is 5.69 Å². The fraction of sp³-hybridized carbons (Fsp3) is 0.636. The maximum Gasteiger partial charge on any atom is 0.309 e. The van der Waals surface area contributed by atoms with Crippen LogP contribution in [0, 0.1) is 0 Å². The summed E-state index contributed by atoms with van der Waals surface area (Å²) in [4.78, 5) is 26.5. The lowest BCUT2D eigenvalue weighted by molar-refractivity contribution is -0.139. The molecule has 5 heteroatoms. The lowest BCUT2D eigenvalue weighted by Gasteiger charge is -2.28. The van der Waals surface area contributed by atoms with Gasteiger partial charge in [-0.25, -0.2) is 0 Å². The van der Waals surface area contributed by atoms with E-state index in [2.05, 4.69) is 39.8 Å². The summed E-state index contributed by atoms with van der Waals surface area (Å²) in [5.41, 5.74) is 2.46. The van der Waals surface area contributed by atoms with E-state index >= 15 is 0 Å². The molecule has 3 rings (SSSR count). The van der Waals surface area contributed by atoms with Crippen LogP contribution in [-0.4, -0.2) is 37.5 Å². The van der Waals surface area contributed by atoms with Gasteiger partial charge in [0.25, 0.3) is 0 Å². The van der Waals surface area contributed by atoms with E-state index in [9.17, 15) is 9.59 Å². The Morgan fingerprint density at radius 1 is 0.852 bits per heavy atom. The average molecular weight is 372 g/mol. The van der Waals surface area contributed by atoms with E-state index < -0.39 is 11.8 Å². The third-order valence-corrected chi connectivity index (χ3v) is 5.75. The molecule has 1 saturated heterocycles. The molecule has 1 heterocycles. The molecular weight excluding hydrogens is 338 g/mol. The van der Waals surface area contributed by atoms with Crippen LogP contribution < -0.4 is 15.5 Å². The van der Waals surface area contributed by atoms with Crippen molar-refractivity contribution in [2.75, 3.05) is 24.5 Å². The number of carbonyl (C=O) groups excluding carboxylic acids is 2. The highest BCUT2D eigenvalue weighted by atomic mass is 16.2. The second-order valence-corrected chi connectivity index (χ2v) is 7.88. The van der Waals surface area contributed by atoms with E-state index in [-0.39, 0.29) is 6.04 Å². The Hall–Kier alpha value is -2.04. The monoisotopic (exact) mass is 371 g/mol. The van der Waals surface area contributed by atoms with Gasteiger partial charge in [-0.05, 0) is 56.2 Å². The van der Waals surface area contributed by atoms with Crippen molar-refractivity contribution in [1.82, 2.24) is 10.6 Å². The zero-order valence-corrected chi connectivity index (χ0v) is 16.3. The zero-order valence-electron chi connectivity index (χ0n) is 16.3. The lowest BCUT2D eigenvalue weighted by atomic mass is 10.1. The molecule has 0 unspecified atom stereocenters. The fourth-order valence-corrected chi connectivity index (χ4v) is 4.10. The topological polar surface area (TPSA) is 61.4 Å². The first-order chi connectivity index (χ1) is 13.2. The molecule has 1 saturated carbocycles. The molecular formula is C22H33N3O2. The van der Waals surface area contributed by atoms with E-state index in [1.165, 1.54) is 43.4 Å². The first kappa shape index (κ1) is 19.7. The molecule has 1 aliphatic heterocycles. The Balaban J connectivity index is 1.38. The third-order valence-electron chi connectivity index (χ3n) is 5.75. The van der Waals surface area contributed by atoms with Gasteiger partial charge in [-0.3, -0.25) is 9.59 Å². The van der Waals surface area contributed by atoms with Crippen LogP contribution in [0.5, 0.6) is 0 Å². The third kappa shape index (κ3) is 6.26. The summed E-state index contributed by atoms with van der Waals surface area (Å²) in [6, 6.07) is 8.75. The molecule has 0 radical (unpaired) electrons. The van der Waals surface area contributed by atoms with Crippen LogP contribution in [0.25, 0.3) is 0 Å². The number of anilines is 1. The van der Waals surface area contributed by atoms with Gasteiger partial charge < -0.3 is 15.5 Å². The number of hydrogen-bond donors (Lipinski definition) is 2. The number of rotatable bonds is 5. The van der Waals surface area contributed by atoms with Crippen molar-refractivity contribution in [2.45, 2.75) is 70.3 Å². The maximum atomic E-state index is 12.1. The van der Waals surface area contributed by atoms with Crippen molar-refractivity contribution >= 4 is 17.5 Å². The number of benzene rings is 1. The Bertz CT molecular complexity index is 600. The van der Waals surface area contributed by atoms with Crippen LogP contribution in [0.1, 0.15) is 63.4 Å². The van der Waals surface area contributed by atoms with Crippen LogP contribution >= 0.6 is 0 Å². The molecule has 0 spiro atoms. The molecule has 1 aromatic rings. The highest BCUT2D eigenvalue weighted by Crippen LogP contribution is 2.20. The van der Waals surface area contributed by atoms with Crippen molar-refractivity contribution < 1.29 is 9.59 Å². The van der Waals surface area contributed by atoms with Gasteiger partial charge in [0, 0.05) is 31.4 Å². The van der Waals surface area contributed by atoms with Crippen LogP contribution in [0.2, 0.25) is 0 Å². The minimum atomic E-state index is -0.510. The molecule has 148 valence electrons. The minimum Gasteiger partial charge on any atom is -0.372 e. The maximum absolute atomic E-state index is 12.1. The summed E-state index contributed by atoms with van der Waals surface area (Å²) < 4.78 is 0. The van der Waals surface area contributed by atoms with E-state index in [0.717, 1.165) is 45.2 Å². The highest BCUT2D eigenvalue weighted by Gasteiger charge is 2.19. The Kier molecular flexibility index (Phi) is 7.55. The van der Waals surface area contributed by atoms with Crippen molar-refractivity contribution in [1.29, 1.82) is 0 Å². The Morgan fingerprint density at radius 3 is 2.15 bits per heavy atom. The van der Waals surface area contributed by atoms with Gasteiger partial charge in [0.05, 0.1) is 0 Å². The first-order valence-electron chi connectivity index (χ1n) is 10.6. The summed E-state index contributed by atoms with van der Waals surface area (Å²) in [5.74, 6) is -0.994. The molecule has 1 aromatic carbocycles. The van der Waals surface area contributed by atoms with Gasteiger partial charge in [0.1, 0.15) is 0 Å². The predicted molar refractivity (Wildman–Crippen MR) is 109 cm³/mol. The Morgan fingerprint density at radius 2 is 1.48 bits per heavy atom. The molecule has 5 nitrogen and oxygen atoms in total. The molecule has 2 aliphatic rings. The Labute approximate surface area is 162 Å². The normalized spacial score (nSPS) is 18.6. The molecule has 2 N–H and O–H groups in total. The van der Waals surface area contributed by atoms with Gasteiger partial charge in [-0.15, -0.1) is 0 Å². The van der Waals surface area contributed by atoms with Crippen LogP contribution in [-0.2, 0) is 16.0 Å². The second kappa shape index (κ2) is 10.3. The predicted octanol–water partition coefficient (Wildman–Crippen LogP) is 3.17. The van der Waals surface area contributed by atoms with Crippen LogP contribution in [0.15, 0.2) is 24.3 Å². The summed E-state index contributed by atoms with van der Waals surface area (Å²) in [5, 5.41) is 5.65. The van der Waals surface area contributed by atoms with Gasteiger partial charge in [0.15, 0.2) is 0 Å². The molecule has 0 aromatic heterocycles. The molecule has 2 amide bonds. The highest BCUT2D eigenvalue weighted by molar-refractivity contribution is 6.35. The summed E-state index contributed by atoms with van der Waals surface area (Å²) in [6.07, 6.45) is 11.3. The van der Waals surface area contributed by atoms with Crippen molar-refractivity contribution in [3.63, 3.8) is 0 Å². The number of piperidine rings is 1. The van der Waals surface area contributed by atoms with Crippen LogP contribution in [0.3, 0.4) is 0 Å². The summed E-state index contributed by atoms with van der Waals surface area (Å²) in [7, 11) is 0. The summed E-state index contributed by atoms with van der Waals surface area (Å²) >= 11 is 0. The smallest absolute Gasteiger partial charge is 0.309 e. The zero-order chi connectivity index (χ0) is 18.9. The van der Waals surface area contributed by atoms with Crippen molar-refractivity contribution in [3.8, 4) is 0 Å². The van der Waals surface area contributed by atoms with Gasteiger partial charge in [-0.1, -0.05) is 37.8 Å².